The number of carbonyl (C=O) groups excluding carboxylic acids is 1. The van der Waals surface area contributed by atoms with Gasteiger partial charge in [0, 0.05) is 17.8 Å². The summed E-state index contributed by atoms with van der Waals surface area (Å²) in [5, 5.41) is 4.98. The number of rotatable bonds is 6. The molecule has 0 aliphatic carbocycles. The van der Waals surface area contributed by atoms with Gasteiger partial charge in [-0.2, -0.15) is 0 Å². The zero-order valence-corrected chi connectivity index (χ0v) is 14.6. The summed E-state index contributed by atoms with van der Waals surface area (Å²) in [5.41, 5.74) is 2.95. The lowest BCUT2D eigenvalue weighted by Crippen LogP contribution is -2.33. The van der Waals surface area contributed by atoms with Gasteiger partial charge in [0.15, 0.2) is 0 Å². The van der Waals surface area contributed by atoms with Gasteiger partial charge in [0.25, 0.3) is 0 Å². The van der Waals surface area contributed by atoms with Gasteiger partial charge in [-0.25, -0.2) is 4.98 Å². The van der Waals surface area contributed by atoms with Crippen molar-refractivity contribution in [1.82, 2.24) is 14.9 Å². The molecule has 0 spiro atoms. The second-order valence-corrected chi connectivity index (χ2v) is 6.39. The number of fused-ring (bicyclic) bond motifs is 1. The van der Waals surface area contributed by atoms with E-state index in [1.807, 2.05) is 37.7 Å². The summed E-state index contributed by atoms with van der Waals surface area (Å²) in [6, 6.07) is 8.12. The van der Waals surface area contributed by atoms with Crippen molar-refractivity contribution in [1.29, 1.82) is 0 Å². The topological polar surface area (TPSA) is 58.1 Å². The molecule has 1 aromatic carbocycles. The fraction of sp³-hybridized carbons (Fsp3) is 0.278. The van der Waals surface area contributed by atoms with E-state index in [2.05, 4.69) is 32.3 Å². The molecule has 3 rings (SSSR count). The lowest BCUT2D eigenvalue weighted by atomic mass is 10.1. The Morgan fingerprint density at radius 2 is 2.00 bits per heavy atom. The number of hydrogen-bond acceptors (Lipinski definition) is 5. The largest absolute Gasteiger partial charge is 0.310 e. The van der Waals surface area contributed by atoms with Crippen molar-refractivity contribution in [3.05, 3.63) is 42.2 Å². The van der Waals surface area contributed by atoms with Crippen LogP contribution in [0.3, 0.4) is 0 Å². The van der Waals surface area contributed by atoms with E-state index < -0.39 is 0 Å². The predicted molar refractivity (Wildman–Crippen MR) is 99.3 cm³/mol. The van der Waals surface area contributed by atoms with Crippen LogP contribution in [0.4, 0.5) is 5.82 Å². The minimum absolute atomic E-state index is 0.0378. The number of anilines is 1. The summed E-state index contributed by atoms with van der Waals surface area (Å²) in [5.74, 6) is 0.547. The van der Waals surface area contributed by atoms with Crippen LogP contribution in [0.15, 0.2) is 42.2 Å². The van der Waals surface area contributed by atoms with Gasteiger partial charge >= 0.3 is 0 Å². The third kappa shape index (κ3) is 3.77. The lowest BCUT2D eigenvalue weighted by Gasteiger charge is -2.17. The molecular weight excluding hydrogens is 320 g/mol. The van der Waals surface area contributed by atoms with Crippen molar-refractivity contribution >= 4 is 33.8 Å². The molecule has 5 nitrogen and oxygen atoms in total. The standard InChI is InChI=1S/C18H20N4OS/c1-3-22(4-2)11-18(23)21-17-8-15-7-13(16-10-19-12-24-16)5-6-14(15)9-20-17/h5-10,12H,3-4,11H2,1-2H3,(H,20,21,23). The first-order chi connectivity index (χ1) is 11.7. The van der Waals surface area contributed by atoms with Gasteiger partial charge in [0.05, 0.1) is 16.9 Å². The van der Waals surface area contributed by atoms with E-state index >= 15 is 0 Å². The molecule has 1 N–H and O–H groups in total. The molecule has 2 aromatic heterocycles. The number of hydrogen-bond donors (Lipinski definition) is 1. The van der Waals surface area contributed by atoms with Crippen molar-refractivity contribution in [2.75, 3.05) is 25.0 Å². The van der Waals surface area contributed by atoms with E-state index in [-0.39, 0.29) is 5.91 Å². The van der Waals surface area contributed by atoms with E-state index in [4.69, 9.17) is 0 Å². The van der Waals surface area contributed by atoms with E-state index in [0.29, 0.717) is 12.4 Å². The smallest absolute Gasteiger partial charge is 0.239 e. The summed E-state index contributed by atoms with van der Waals surface area (Å²) in [6.45, 7) is 6.19. The maximum atomic E-state index is 12.1. The lowest BCUT2D eigenvalue weighted by molar-refractivity contribution is -0.117. The number of amides is 1. The Labute approximate surface area is 145 Å². The highest BCUT2D eigenvalue weighted by Gasteiger charge is 2.09. The summed E-state index contributed by atoms with van der Waals surface area (Å²) in [7, 11) is 0. The number of nitrogens with zero attached hydrogens (tertiary/aromatic N) is 3. The Kier molecular flexibility index (Phi) is 5.17. The van der Waals surface area contributed by atoms with Crippen molar-refractivity contribution in [2.45, 2.75) is 13.8 Å². The summed E-state index contributed by atoms with van der Waals surface area (Å²) in [4.78, 5) is 23.8. The molecule has 2 heterocycles. The second kappa shape index (κ2) is 7.51. The number of pyridine rings is 1. The van der Waals surface area contributed by atoms with Crippen molar-refractivity contribution in [3.63, 3.8) is 0 Å². The van der Waals surface area contributed by atoms with Gasteiger partial charge in [-0.15, -0.1) is 11.3 Å². The van der Waals surface area contributed by atoms with Gasteiger partial charge < -0.3 is 5.32 Å². The van der Waals surface area contributed by atoms with Crippen molar-refractivity contribution in [3.8, 4) is 10.4 Å². The number of benzene rings is 1. The highest BCUT2D eigenvalue weighted by Crippen LogP contribution is 2.27. The van der Waals surface area contributed by atoms with E-state index in [1.54, 1.807) is 17.5 Å². The van der Waals surface area contributed by atoms with Crippen LogP contribution in [-0.4, -0.2) is 40.4 Å². The molecule has 6 heteroatoms. The van der Waals surface area contributed by atoms with Gasteiger partial charge in [0.2, 0.25) is 5.91 Å². The van der Waals surface area contributed by atoms with E-state index in [0.717, 1.165) is 34.3 Å². The Morgan fingerprint density at radius 1 is 1.17 bits per heavy atom. The molecule has 0 unspecified atom stereocenters. The van der Waals surface area contributed by atoms with Crippen LogP contribution in [0, 0.1) is 0 Å². The van der Waals surface area contributed by atoms with Crippen LogP contribution in [-0.2, 0) is 4.79 Å². The Bertz CT molecular complexity index is 828. The molecule has 0 fully saturated rings. The van der Waals surface area contributed by atoms with Gasteiger partial charge in [-0.1, -0.05) is 26.0 Å². The van der Waals surface area contributed by atoms with Crippen LogP contribution >= 0.6 is 11.3 Å². The average Bonchev–Trinajstić information content (AvgIpc) is 3.13. The summed E-state index contributed by atoms with van der Waals surface area (Å²) < 4.78 is 0. The third-order valence-electron chi connectivity index (χ3n) is 3.97. The van der Waals surface area contributed by atoms with Crippen LogP contribution < -0.4 is 5.32 Å². The van der Waals surface area contributed by atoms with E-state index in [9.17, 15) is 4.79 Å². The molecule has 0 atom stereocenters. The molecular formula is C18H20N4OS. The predicted octanol–water partition coefficient (Wildman–Crippen LogP) is 3.64. The zero-order chi connectivity index (χ0) is 16.9. The molecule has 0 bridgehead atoms. The van der Waals surface area contributed by atoms with Crippen LogP contribution in [0.5, 0.6) is 0 Å². The molecule has 1 amide bonds. The molecule has 124 valence electrons. The van der Waals surface area contributed by atoms with Crippen molar-refractivity contribution in [2.24, 2.45) is 0 Å². The first kappa shape index (κ1) is 16.5. The fourth-order valence-corrected chi connectivity index (χ4v) is 3.17. The molecule has 0 radical (unpaired) electrons. The average molecular weight is 340 g/mol. The maximum Gasteiger partial charge on any atom is 0.239 e. The number of aromatic nitrogens is 2. The normalized spacial score (nSPS) is 11.1. The van der Waals surface area contributed by atoms with Gasteiger partial charge in [-0.3, -0.25) is 14.7 Å². The van der Waals surface area contributed by atoms with Crippen LogP contribution in [0.25, 0.3) is 21.2 Å². The highest BCUT2D eigenvalue weighted by atomic mass is 32.1. The molecule has 0 aliphatic rings. The fourth-order valence-electron chi connectivity index (χ4n) is 2.55. The van der Waals surface area contributed by atoms with Gasteiger partial charge in [0.1, 0.15) is 5.82 Å². The second-order valence-electron chi connectivity index (χ2n) is 5.51. The Hall–Kier alpha value is -2.31. The monoisotopic (exact) mass is 340 g/mol. The minimum atomic E-state index is -0.0378. The zero-order valence-electron chi connectivity index (χ0n) is 13.8. The number of thiazole rings is 1. The maximum absolute atomic E-state index is 12.1. The third-order valence-corrected chi connectivity index (χ3v) is 4.79. The van der Waals surface area contributed by atoms with E-state index in [1.165, 1.54) is 0 Å². The number of likely N-dealkylation sites (N-methyl/N-ethyl adjacent to an activating group) is 1. The number of carbonyl (C=O) groups is 1. The molecule has 3 aromatic rings. The molecule has 0 saturated carbocycles. The van der Waals surface area contributed by atoms with Crippen LogP contribution in [0.1, 0.15) is 13.8 Å². The Morgan fingerprint density at radius 3 is 2.71 bits per heavy atom. The van der Waals surface area contributed by atoms with Crippen molar-refractivity contribution < 1.29 is 4.79 Å². The molecule has 24 heavy (non-hydrogen) atoms. The molecule has 0 aliphatic heterocycles. The van der Waals surface area contributed by atoms with Gasteiger partial charge in [-0.05, 0) is 36.2 Å². The first-order valence-corrected chi connectivity index (χ1v) is 8.88. The minimum Gasteiger partial charge on any atom is -0.310 e. The number of nitrogens with one attached hydrogen (secondary N) is 1. The highest BCUT2D eigenvalue weighted by molar-refractivity contribution is 7.13. The summed E-state index contributed by atoms with van der Waals surface area (Å²) >= 11 is 1.61. The SMILES string of the molecule is CCN(CC)CC(=O)Nc1cc2cc(-c3cncs3)ccc2cn1. The first-order valence-electron chi connectivity index (χ1n) is 8.00. The molecule has 0 saturated heterocycles. The quantitative estimate of drug-likeness (QED) is 0.744. The van der Waals surface area contributed by atoms with Crippen LogP contribution in [0.2, 0.25) is 0 Å². The Balaban J connectivity index is 1.81. The summed E-state index contributed by atoms with van der Waals surface area (Å²) in [6.07, 6.45) is 3.65.